The van der Waals surface area contributed by atoms with Gasteiger partial charge < -0.3 is 9.80 Å². The van der Waals surface area contributed by atoms with E-state index in [-0.39, 0.29) is 11.8 Å². The highest BCUT2D eigenvalue weighted by molar-refractivity contribution is 5.94. The molecular formula is C18H23N3O2. The molecule has 0 atom stereocenters. The Morgan fingerprint density at radius 2 is 1.87 bits per heavy atom. The van der Waals surface area contributed by atoms with Crippen molar-refractivity contribution in [2.24, 2.45) is 5.92 Å². The second-order valence-electron chi connectivity index (χ2n) is 6.32. The first-order valence-corrected chi connectivity index (χ1v) is 8.08. The summed E-state index contributed by atoms with van der Waals surface area (Å²) < 4.78 is 0. The van der Waals surface area contributed by atoms with E-state index in [4.69, 9.17) is 5.26 Å². The van der Waals surface area contributed by atoms with Crippen LogP contribution in [0.3, 0.4) is 0 Å². The number of amides is 2. The Kier molecular flexibility index (Phi) is 5.75. The van der Waals surface area contributed by atoms with E-state index < -0.39 is 0 Å². The van der Waals surface area contributed by atoms with E-state index in [2.05, 4.69) is 6.07 Å². The fourth-order valence-electron chi connectivity index (χ4n) is 2.75. The van der Waals surface area contributed by atoms with E-state index in [9.17, 15) is 9.59 Å². The molecule has 1 aromatic carbocycles. The minimum atomic E-state index is -0.0692. The molecule has 0 radical (unpaired) electrons. The lowest BCUT2D eigenvalue weighted by atomic mass is 10.1. The van der Waals surface area contributed by atoms with Crippen LogP contribution in [0.15, 0.2) is 24.3 Å². The maximum absolute atomic E-state index is 12.6. The van der Waals surface area contributed by atoms with E-state index in [1.54, 1.807) is 29.2 Å². The SMILES string of the molecule is CC(C)CC(=O)N1CCCN(C(=O)c2cccc(C#N)c2)CC1. The number of hydrogen-bond acceptors (Lipinski definition) is 3. The summed E-state index contributed by atoms with van der Waals surface area (Å²) in [5.74, 6) is 0.443. The van der Waals surface area contributed by atoms with Gasteiger partial charge in [0.15, 0.2) is 0 Å². The Labute approximate surface area is 137 Å². The van der Waals surface area contributed by atoms with Gasteiger partial charge in [0.25, 0.3) is 5.91 Å². The lowest BCUT2D eigenvalue weighted by Crippen LogP contribution is -2.37. The lowest BCUT2D eigenvalue weighted by Gasteiger charge is -2.23. The van der Waals surface area contributed by atoms with Crippen LogP contribution >= 0.6 is 0 Å². The smallest absolute Gasteiger partial charge is 0.253 e. The molecular weight excluding hydrogens is 290 g/mol. The fourth-order valence-corrected chi connectivity index (χ4v) is 2.75. The van der Waals surface area contributed by atoms with Crippen LogP contribution in [0.1, 0.15) is 42.6 Å². The van der Waals surface area contributed by atoms with Crippen molar-refractivity contribution in [2.75, 3.05) is 26.2 Å². The molecule has 122 valence electrons. The first-order chi connectivity index (χ1) is 11.0. The lowest BCUT2D eigenvalue weighted by molar-refractivity contribution is -0.131. The van der Waals surface area contributed by atoms with Crippen molar-refractivity contribution in [1.82, 2.24) is 9.80 Å². The monoisotopic (exact) mass is 313 g/mol. The van der Waals surface area contributed by atoms with Gasteiger partial charge in [0, 0.05) is 38.2 Å². The quantitative estimate of drug-likeness (QED) is 0.860. The molecule has 1 aromatic rings. The molecule has 2 rings (SSSR count). The topological polar surface area (TPSA) is 64.4 Å². The number of benzene rings is 1. The molecule has 0 aromatic heterocycles. The first-order valence-electron chi connectivity index (χ1n) is 8.08. The molecule has 0 spiro atoms. The van der Waals surface area contributed by atoms with Crippen molar-refractivity contribution in [3.63, 3.8) is 0 Å². The predicted molar refractivity (Wildman–Crippen MR) is 87.7 cm³/mol. The summed E-state index contributed by atoms with van der Waals surface area (Å²) in [6.45, 7) is 6.53. The van der Waals surface area contributed by atoms with Crippen LogP contribution in [-0.4, -0.2) is 47.8 Å². The molecule has 1 aliphatic rings. The second kappa shape index (κ2) is 7.77. The maximum atomic E-state index is 12.6. The van der Waals surface area contributed by atoms with Crippen molar-refractivity contribution < 1.29 is 9.59 Å². The minimum absolute atomic E-state index is 0.0692. The normalized spacial score (nSPS) is 15.2. The van der Waals surface area contributed by atoms with Gasteiger partial charge in [-0.25, -0.2) is 0 Å². The van der Waals surface area contributed by atoms with E-state index >= 15 is 0 Å². The van der Waals surface area contributed by atoms with Gasteiger partial charge in [-0.3, -0.25) is 9.59 Å². The van der Waals surface area contributed by atoms with Gasteiger partial charge in [-0.15, -0.1) is 0 Å². The summed E-state index contributed by atoms with van der Waals surface area (Å²) in [6.07, 6.45) is 1.34. The molecule has 2 amide bonds. The third-order valence-corrected chi connectivity index (χ3v) is 3.96. The van der Waals surface area contributed by atoms with E-state index in [0.717, 1.165) is 6.42 Å². The summed E-state index contributed by atoms with van der Waals surface area (Å²) in [4.78, 5) is 28.4. The minimum Gasteiger partial charge on any atom is -0.341 e. The van der Waals surface area contributed by atoms with E-state index in [0.29, 0.717) is 49.6 Å². The summed E-state index contributed by atoms with van der Waals surface area (Å²) >= 11 is 0. The number of nitriles is 1. The summed E-state index contributed by atoms with van der Waals surface area (Å²) in [5, 5.41) is 8.95. The summed E-state index contributed by atoms with van der Waals surface area (Å²) in [7, 11) is 0. The van der Waals surface area contributed by atoms with Crippen LogP contribution in [0, 0.1) is 17.2 Å². The average molecular weight is 313 g/mol. The number of carbonyl (C=O) groups is 2. The number of rotatable bonds is 3. The summed E-state index contributed by atoms with van der Waals surface area (Å²) in [6, 6.07) is 8.82. The van der Waals surface area contributed by atoms with E-state index in [1.165, 1.54) is 0 Å². The van der Waals surface area contributed by atoms with Gasteiger partial charge in [0.1, 0.15) is 0 Å². The highest BCUT2D eigenvalue weighted by Crippen LogP contribution is 2.13. The third-order valence-electron chi connectivity index (χ3n) is 3.96. The van der Waals surface area contributed by atoms with Crippen LogP contribution in [0.25, 0.3) is 0 Å². The molecule has 1 fully saturated rings. The van der Waals surface area contributed by atoms with Crippen LogP contribution in [-0.2, 0) is 4.79 Å². The number of carbonyl (C=O) groups excluding carboxylic acids is 2. The van der Waals surface area contributed by atoms with Crippen molar-refractivity contribution in [2.45, 2.75) is 26.7 Å². The Bertz CT molecular complexity index is 619. The Morgan fingerprint density at radius 3 is 2.57 bits per heavy atom. The fraction of sp³-hybridized carbons (Fsp3) is 0.500. The van der Waals surface area contributed by atoms with Crippen LogP contribution < -0.4 is 0 Å². The van der Waals surface area contributed by atoms with Crippen LogP contribution in [0.2, 0.25) is 0 Å². The molecule has 1 saturated heterocycles. The van der Waals surface area contributed by atoms with Gasteiger partial charge in [0.2, 0.25) is 5.91 Å². The van der Waals surface area contributed by atoms with Crippen LogP contribution in [0.4, 0.5) is 0 Å². The zero-order chi connectivity index (χ0) is 16.8. The van der Waals surface area contributed by atoms with Gasteiger partial charge in [-0.1, -0.05) is 19.9 Å². The Balaban J connectivity index is 2.01. The van der Waals surface area contributed by atoms with Crippen LogP contribution in [0.5, 0.6) is 0 Å². The molecule has 1 aliphatic heterocycles. The third kappa shape index (κ3) is 4.56. The average Bonchev–Trinajstić information content (AvgIpc) is 2.79. The van der Waals surface area contributed by atoms with Crippen molar-refractivity contribution in [3.8, 4) is 6.07 Å². The number of nitrogens with zero attached hydrogens (tertiary/aromatic N) is 3. The van der Waals surface area contributed by atoms with E-state index in [1.807, 2.05) is 18.7 Å². The molecule has 0 aliphatic carbocycles. The highest BCUT2D eigenvalue weighted by Gasteiger charge is 2.23. The summed E-state index contributed by atoms with van der Waals surface area (Å²) in [5.41, 5.74) is 1.02. The molecule has 1 heterocycles. The zero-order valence-electron chi connectivity index (χ0n) is 13.8. The first kappa shape index (κ1) is 17.0. The van der Waals surface area contributed by atoms with Gasteiger partial charge in [-0.05, 0) is 30.5 Å². The van der Waals surface area contributed by atoms with Crippen molar-refractivity contribution in [3.05, 3.63) is 35.4 Å². The Hall–Kier alpha value is -2.35. The standard InChI is InChI=1S/C18H23N3O2/c1-14(2)11-17(22)20-7-4-8-21(10-9-20)18(23)16-6-3-5-15(12-16)13-19/h3,5-6,12,14H,4,7-11H2,1-2H3. The molecule has 23 heavy (non-hydrogen) atoms. The molecule has 0 saturated carbocycles. The molecule has 5 heteroatoms. The highest BCUT2D eigenvalue weighted by atomic mass is 16.2. The Morgan fingerprint density at radius 1 is 1.17 bits per heavy atom. The van der Waals surface area contributed by atoms with Crippen molar-refractivity contribution >= 4 is 11.8 Å². The molecule has 0 N–H and O–H groups in total. The van der Waals surface area contributed by atoms with Gasteiger partial charge in [0.05, 0.1) is 11.6 Å². The second-order valence-corrected chi connectivity index (χ2v) is 6.32. The number of hydrogen-bond donors (Lipinski definition) is 0. The largest absolute Gasteiger partial charge is 0.341 e. The van der Waals surface area contributed by atoms with Gasteiger partial charge in [-0.2, -0.15) is 5.26 Å². The maximum Gasteiger partial charge on any atom is 0.253 e. The molecule has 0 bridgehead atoms. The van der Waals surface area contributed by atoms with Crippen molar-refractivity contribution in [1.29, 1.82) is 5.26 Å². The van der Waals surface area contributed by atoms with Gasteiger partial charge >= 0.3 is 0 Å². The molecule has 5 nitrogen and oxygen atoms in total. The molecule has 0 unspecified atom stereocenters. The predicted octanol–water partition coefficient (Wildman–Crippen LogP) is 2.28. The zero-order valence-corrected chi connectivity index (χ0v) is 13.8.